The van der Waals surface area contributed by atoms with E-state index in [1.165, 1.54) is 18.2 Å². The fourth-order valence-corrected chi connectivity index (χ4v) is 4.07. The summed E-state index contributed by atoms with van der Waals surface area (Å²) >= 11 is 0. The molecule has 0 spiro atoms. The number of aryl methyl sites for hydroxylation is 1. The van der Waals surface area contributed by atoms with Crippen molar-refractivity contribution in [1.29, 1.82) is 0 Å². The lowest BCUT2D eigenvalue weighted by Crippen LogP contribution is -2.37. The molecule has 8 heteroatoms. The molecule has 1 aromatic heterocycles. The zero-order valence-electron chi connectivity index (χ0n) is 20.3. The van der Waals surface area contributed by atoms with Crippen LogP contribution in [0.15, 0.2) is 83.3 Å². The van der Waals surface area contributed by atoms with Crippen molar-refractivity contribution < 1.29 is 31.9 Å². The summed E-state index contributed by atoms with van der Waals surface area (Å²) in [5, 5.41) is 3.10. The molecule has 0 aliphatic rings. The molecule has 192 valence electrons. The Morgan fingerprint density at radius 1 is 0.919 bits per heavy atom. The quantitative estimate of drug-likeness (QED) is 0.240. The van der Waals surface area contributed by atoms with Crippen molar-refractivity contribution in [2.24, 2.45) is 5.92 Å². The van der Waals surface area contributed by atoms with Crippen LogP contribution in [0.5, 0.6) is 5.95 Å². The van der Waals surface area contributed by atoms with Gasteiger partial charge in [-0.2, -0.15) is 13.2 Å². The van der Waals surface area contributed by atoms with Crippen LogP contribution in [0.2, 0.25) is 0 Å². The second kappa shape index (κ2) is 10.9. The van der Waals surface area contributed by atoms with Gasteiger partial charge in [0.25, 0.3) is 11.9 Å². The van der Waals surface area contributed by atoms with E-state index in [1.54, 1.807) is 50.2 Å². The van der Waals surface area contributed by atoms with Gasteiger partial charge in [0.15, 0.2) is 11.9 Å². The standard InChI is InChI=1S/C29H26F3NO4/c1-18(2)26(27(35)33-23-14-8-7-13-22(23)29(30,31)32)37-28-21(20-12-6-9-15-25(20)36-28)16-17-24(34)19-10-4-3-5-11-19/h3-15,18,26H,16-17H2,1-2H3,(H,33,35). The lowest BCUT2D eigenvalue weighted by atomic mass is 10.0. The fraction of sp³-hybridized carbons (Fsp3) is 0.241. The Balaban J connectivity index is 1.60. The van der Waals surface area contributed by atoms with E-state index in [0.717, 1.165) is 11.5 Å². The van der Waals surface area contributed by atoms with Gasteiger partial charge in [0, 0.05) is 22.9 Å². The summed E-state index contributed by atoms with van der Waals surface area (Å²) in [5.74, 6) is -1.12. The summed E-state index contributed by atoms with van der Waals surface area (Å²) in [6, 6.07) is 20.8. The number of anilines is 1. The fourth-order valence-electron chi connectivity index (χ4n) is 4.07. The van der Waals surface area contributed by atoms with Gasteiger partial charge in [0.2, 0.25) is 0 Å². The molecule has 1 heterocycles. The molecule has 1 unspecified atom stereocenters. The molecule has 0 aliphatic carbocycles. The van der Waals surface area contributed by atoms with Crippen molar-refractivity contribution >= 4 is 28.3 Å². The second-order valence-electron chi connectivity index (χ2n) is 8.97. The van der Waals surface area contributed by atoms with Crippen LogP contribution in [0.1, 0.15) is 41.8 Å². The van der Waals surface area contributed by atoms with E-state index >= 15 is 0 Å². The molecule has 37 heavy (non-hydrogen) atoms. The first kappa shape index (κ1) is 26.0. The molecule has 0 saturated heterocycles. The van der Waals surface area contributed by atoms with E-state index in [4.69, 9.17) is 9.15 Å². The number of benzene rings is 3. The Hall–Kier alpha value is -4.07. The number of Topliss-reactive ketones (excluding diaryl/α,β-unsaturated/α-hetero) is 1. The summed E-state index contributed by atoms with van der Waals surface area (Å²) in [7, 11) is 0. The predicted octanol–water partition coefficient (Wildman–Crippen LogP) is 7.31. The minimum absolute atomic E-state index is 0.0567. The number of para-hydroxylation sites is 2. The number of furan rings is 1. The third-order valence-electron chi connectivity index (χ3n) is 5.95. The van der Waals surface area contributed by atoms with Gasteiger partial charge >= 0.3 is 6.18 Å². The third-order valence-corrected chi connectivity index (χ3v) is 5.95. The molecular formula is C29H26F3NO4. The summed E-state index contributed by atoms with van der Waals surface area (Å²) in [4.78, 5) is 25.8. The zero-order valence-corrected chi connectivity index (χ0v) is 20.3. The number of carbonyl (C=O) groups is 2. The Kier molecular flexibility index (Phi) is 7.66. The highest BCUT2D eigenvalue weighted by molar-refractivity contribution is 5.97. The number of carbonyl (C=O) groups excluding carboxylic acids is 2. The van der Waals surface area contributed by atoms with E-state index in [9.17, 15) is 22.8 Å². The van der Waals surface area contributed by atoms with Crippen LogP contribution in [0.3, 0.4) is 0 Å². The van der Waals surface area contributed by atoms with Crippen LogP contribution in [0.25, 0.3) is 11.0 Å². The average Bonchev–Trinajstić information content (AvgIpc) is 3.22. The van der Waals surface area contributed by atoms with Crippen molar-refractivity contribution in [1.82, 2.24) is 0 Å². The highest BCUT2D eigenvalue weighted by Crippen LogP contribution is 2.36. The second-order valence-corrected chi connectivity index (χ2v) is 8.97. The molecule has 3 aromatic carbocycles. The van der Waals surface area contributed by atoms with Crippen molar-refractivity contribution in [2.75, 3.05) is 5.32 Å². The van der Waals surface area contributed by atoms with Crippen LogP contribution in [-0.2, 0) is 17.4 Å². The normalized spacial score (nSPS) is 12.5. The van der Waals surface area contributed by atoms with Crippen LogP contribution in [-0.4, -0.2) is 17.8 Å². The van der Waals surface area contributed by atoms with Crippen LogP contribution < -0.4 is 10.1 Å². The molecule has 5 nitrogen and oxygen atoms in total. The van der Waals surface area contributed by atoms with E-state index in [-0.39, 0.29) is 23.8 Å². The minimum atomic E-state index is -4.63. The maximum absolute atomic E-state index is 13.4. The molecular weight excluding hydrogens is 483 g/mol. The van der Waals surface area contributed by atoms with Crippen molar-refractivity contribution in [2.45, 2.75) is 39.0 Å². The third kappa shape index (κ3) is 6.02. The summed E-state index contributed by atoms with van der Waals surface area (Å²) in [6.45, 7) is 3.45. The number of ether oxygens (including phenoxy) is 1. The van der Waals surface area contributed by atoms with Gasteiger partial charge in [-0.25, -0.2) is 0 Å². The molecule has 1 N–H and O–H groups in total. The molecule has 0 saturated carbocycles. The number of rotatable bonds is 9. The summed E-state index contributed by atoms with van der Waals surface area (Å²) in [6.07, 6.45) is -5.30. The van der Waals surface area contributed by atoms with Gasteiger partial charge < -0.3 is 14.5 Å². The molecule has 4 aromatic rings. The van der Waals surface area contributed by atoms with Gasteiger partial charge in [-0.1, -0.05) is 74.5 Å². The number of alkyl halides is 3. The van der Waals surface area contributed by atoms with Gasteiger partial charge in [0.05, 0.1) is 11.3 Å². The number of nitrogens with one attached hydrogen (secondary N) is 1. The van der Waals surface area contributed by atoms with Gasteiger partial charge in [-0.05, 0) is 30.5 Å². The highest BCUT2D eigenvalue weighted by atomic mass is 19.4. The maximum atomic E-state index is 13.4. The first-order valence-corrected chi connectivity index (χ1v) is 11.9. The Bertz CT molecular complexity index is 1390. The first-order chi connectivity index (χ1) is 17.6. The number of halogens is 3. The lowest BCUT2D eigenvalue weighted by molar-refractivity contribution is -0.137. The van der Waals surface area contributed by atoms with Gasteiger partial charge in [-0.15, -0.1) is 0 Å². The molecule has 4 rings (SSSR count). The molecule has 0 aliphatic heterocycles. The monoisotopic (exact) mass is 509 g/mol. The Morgan fingerprint density at radius 2 is 1.57 bits per heavy atom. The Labute approximate surface area is 212 Å². The van der Waals surface area contributed by atoms with Gasteiger partial charge in [0.1, 0.15) is 5.58 Å². The maximum Gasteiger partial charge on any atom is 0.418 e. The number of hydrogen-bond donors (Lipinski definition) is 1. The summed E-state index contributed by atoms with van der Waals surface area (Å²) in [5.41, 5.74) is 0.418. The van der Waals surface area contributed by atoms with E-state index in [0.29, 0.717) is 23.1 Å². The number of hydrogen-bond acceptors (Lipinski definition) is 4. The van der Waals surface area contributed by atoms with Crippen molar-refractivity contribution in [3.63, 3.8) is 0 Å². The topological polar surface area (TPSA) is 68.5 Å². The zero-order chi connectivity index (χ0) is 26.6. The van der Waals surface area contributed by atoms with Crippen LogP contribution in [0.4, 0.5) is 18.9 Å². The van der Waals surface area contributed by atoms with E-state index in [1.807, 2.05) is 18.2 Å². The van der Waals surface area contributed by atoms with E-state index < -0.39 is 29.7 Å². The van der Waals surface area contributed by atoms with E-state index in [2.05, 4.69) is 5.32 Å². The van der Waals surface area contributed by atoms with Crippen LogP contribution >= 0.6 is 0 Å². The van der Waals surface area contributed by atoms with Crippen molar-refractivity contribution in [3.8, 4) is 5.95 Å². The first-order valence-electron chi connectivity index (χ1n) is 11.9. The lowest BCUT2D eigenvalue weighted by Gasteiger charge is -2.22. The molecule has 1 atom stereocenters. The van der Waals surface area contributed by atoms with Crippen molar-refractivity contribution in [3.05, 3.63) is 95.6 Å². The molecule has 0 fully saturated rings. The van der Waals surface area contributed by atoms with Crippen LogP contribution in [0, 0.1) is 5.92 Å². The smallest absolute Gasteiger partial charge is 0.418 e. The SMILES string of the molecule is CC(C)C(Oc1oc2ccccc2c1CCC(=O)c1ccccc1)C(=O)Nc1ccccc1C(F)(F)F. The molecule has 0 radical (unpaired) electrons. The molecule has 1 amide bonds. The minimum Gasteiger partial charge on any atom is -0.451 e. The average molecular weight is 510 g/mol. The number of amides is 1. The largest absolute Gasteiger partial charge is 0.451 e. The number of ketones is 1. The Morgan fingerprint density at radius 3 is 2.27 bits per heavy atom. The predicted molar refractivity (Wildman–Crippen MR) is 135 cm³/mol. The summed E-state index contributed by atoms with van der Waals surface area (Å²) < 4.78 is 52.2. The molecule has 0 bridgehead atoms. The number of fused-ring (bicyclic) bond motifs is 1. The highest BCUT2D eigenvalue weighted by Gasteiger charge is 2.35. The van der Waals surface area contributed by atoms with Gasteiger partial charge in [-0.3, -0.25) is 9.59 Å².